The number of amides is 1. The topological polar surface area (TPSA) is 46.9 Å². The molecular weight excluding hydrogens is 426 g/mol. The lowest BCUT2D eigenvalue weighted by Crippen LogP contribution is -2.35. The number of hydrogen-bond donors (Lipinski definition) is 1. The van der Waals surface area contributed by atoms with Crippen molar-refractivity contribution in [1.29, 1.82) is 0 Å². The SMILES string of the molecule is CC(C)(C)C(=O)NCCCCCc1nc2ccccc2n1Cc1cccc(Br)c1. The number of halogens is 1. The summed E-state index contributed by atoms with van der Waals surface area (Å²) in [5, 5.41) is 3.03. The lowest BCUT2D eigenvalue weighted by molar-refractivity contribution is -0.128. The molecule has 0 aliphatic rings. The average molecular weight is 456 g/mol. The Morgan fingerprint density at radius 3 is 2.62 bits per heavy atom. The molecule has 1 heterocycles. The van der Waals surface area contributed by atoms with Crippen LogP contribution in [0.3, 0.4) is 0 Å². The molecule has 0 unspecified atom stereocenters. The summed E-state index contributed by atoms with van der Waals surface area (Å²) in [6, 6.07) is 16.8. The Morgan fingerprint density at radius 1 is 1.07 bits per heavy atom. The van der Waals surface area contributed by atoms with Crippen molar-refractivity contribution >= 4 is 32.9 Å². The molecule has 3 aromatic rings. The van der Waals surface area contributed by atoms with Gasteiger partial charge in [-0.3, -0.25) is 4.79 Å². The Morgan fingerprint density at radius 2 is 1.86 bits per heavy atom. The zero-order valence-corrected chi connectivity index (χ0v) is 19.1. The second-order valence-electron chi connectivity index (χ2n) is 8.55. The van der Waals surface area contributed by atoms with E-state index in [4.69, 9.17) is 4.98 Å². The van der Waals surface area contributed by atoms with Gasteiger partial charge in [0.05, 0.1) is 11.0 Å². The molecule has 0 radical (unpaired) electrons. The monoisotopic (exact) mass is 455 g/mol. The van der Waals surface area contributed by atoms with E-state index >= 15 is 0 Å². The number of nitrogens with one attached hydrogen (secondary N) is 1. The number of rotatable bonds is 8. The van der Waals surface area contributed by atoms with E-state index in [2.05, 4.69) is 68.3 Å². The van der Waals surface area contributed by atoms with Gasteiger partial charge in [0.15, 0.2) is 0 Å². The molecule has 2 aromatic carbocycles. The Bertz CT molecular complexity index is 972. The summed E-state index contributed by atoms with van der Waals surface area (Å²) in [5.41, 5.74) is 3.17. The first-order chi connectivity index (χ1) is 13.8. The highest BCUT2D eigenvalue weighted by Crippen LogP contribution is 2.21. The third-order valence-corrected chi connectivity index (χ3v) is 5.50. The second kappa shape index (κ2) is 9.57. The summed E-state index contributed by atoms with van der Waals surface area (Å²) in [6.07, 6.45) is 4.07. The van der Waals surface area contributed by atoms with Crippen molar-refractivity contribution in [2.75, 3.05) is 6.54 Å². The standard InChI is InChI=1S/C24H30BrN3O/c1-24(2,3)23(29)26-15-8-4-5-14-22-27-20-12-6-7-13-21(20)28(22)17-18-10-9-11-19(25)16-18/h6-7,9-13,16H,4-5,8,14-15,17H2,1-3H3,(H,26,29). The van der Waals surface area contributed by atoms with Crippen molar-refractivity contribution in [1.82, 2.24) is 14.9 Å². The molecule has 0 saturated heterocycles. The molecule has 0 aliphatic heterocycles. The van der Waals surface area contributed by atoms with Crippen LogP contribution in [-0.2, 0) is 17.8 Å². The molecule has 0 bridgehead atoms. The van der Waals surface area contributed by atoms with E-state index < -0.39 is 0 Å². The van der Waals surface area contributed by atoms with Crippen LogP contribution in [0.4, 0.5) is 0 Å². The van der Waals surface area contributed by atoms with Gasteiger partial charge in [0.25, 0.3) is 0 Å². The number of nitrogens with zero attached hydrogens (tertiary/aromatic N) is 2. The summed E-state index contributed by atoms with van der Waals surface area (Å²) >= 11 is 3.57. The minimum atomic E-state index is -0.322. The van der Waals surface area contributed by atoms with Crippen LogP contribution in [0.1, 0.15) is 51.4 Å². The smallest absolute Gasteiger partial charge is 0.225 e. The molecule has 29 heavy (non-hydrogen) atoms. The Balaban J connectivity index is 1.61. The van der Waals surface area contributed by atoms with Gasteiger partial charge in [-0.1, -0.05) is 67.4 Å². The zero-order valence-electron chi connectivity index (χ0n) is 17.5. The van der Waals surface area contributed by atoms with Crippen molar-refractivity contribution in [2.24, 2.45) is 5.41 Å². The molecule has 0 saturated carbocycles. The third kappa shape index (κ3) is 5.92. The molecule has 0 fully saturated rings. The van der Waals surface area contributed by atoms with Crippen molar-refractivity contribution < 1.29 is 4.79 Å². The van der Waals surface area contributed by atoms with E-state index in [0.29, 0.717) is 0 Å². The molecule has 0 spiro atoms. The van der Waals surface area contributed by atoms with E-state index in [1.807, 2.05) is 26.8 Å². The summed E-state index contributed by atoms with van der Waals surface area (Å²) < 4.78 is 3.43. The summed E-state index contributed by atoms with van der Waals surface area (Å²) in [7, 11) is 0. The molecule has 3 rings (SSSR count). The highest BCUT2D eigenvalue weighted by molar-refractivity contribution is 9.10. The van der Waals surface area contributed by atoms with Crippen LogP contribution in [-0.4, -0.2) is 22.0 Å². The van der Waals surface area contributed by atoms with Gasteiger partial charge in [-0.25, -0.2) is 4.98 Å². The lowest BCUT2D eigenvalue weighted by atomic mass is 9.96. The Kier molecular flexibility index (Phi) is 7.12. The first-order valence-corrected chi connectivity index (χ1v) is 11.1. The van der Waals surface area contributed by atoms with Crippen LogP contribution in [0.5, 0.6) is 0 Å². The average Bonchev–Trinajstić information content (AvgIpc) is 3.01. The van der Waals surface area contributed by atoms with Crippen LogP contribution >= 0.6 is 15.9 Å². The number of benzene rings is 2. The fraction of sp³-hybridized carbons (Fsp3) is 0.417. The fourth-order valence-corrected chi connectivity index (χ4v) is 3.81. The van der Waals surface area contributed by atoms with Crippen LogP contribution in [0.15, 0.2) is 53.0 Å². The van der Waals surface area contributed by atoms with Crippen molar-refractivity contribution in [3.8, 4) is 0 Å². The fourth-order valence-electron chi connectivity index (χ4n) is 3.36. The van der Waals surface area contributed by atoms with E-state index in [0.717, 1.165) is 54.6 Å². The first kappa shape index (κ1) is 21.6. The summed E-state index contributed by atoms with van der Waals surface area (Å²) in [6.45, 7) is 7.38. The van der Waals surface area contributed by atoms with E-state index in [1.165, 1.54) is 11.1 Å². The Labute approximate surface area is 181 Å². The molecular formula is C24H30BrN3O. The first-order valence-electron chi connectivity index (χ1n) is 10.3. The van der Waals surface area contributed by atoms with E-state index in [-0.39, 0.29) is 11.3 Å². The van der Waals surface area contributed by atoms with Crippen LogP contribution in [0.2, 0.25) is 0 Å². The highest BCUT2D eigenvalue weighted by Gasteiger charge is 2.20. The van der Waals surface area contributed by atoms with Crippen molar-refractivity contribution in [3.63, 3.8) is 0 Å². The molecule has 1 aromatic heterocycles. The number of aryl methyl sites for hydroxylation is 1. The molecule has 1 amide bonds. The molecule has 5 heteroatoms. The summed E-state index contributed by atoms with van der Waals surface area (Å²) in [4.78, 5) is 16.8. The number of fused-ring (bicyclic) bond motifs is 1. The summed E-state index contributed by atoms with van der Waals surface area (Å²) in [5.74, 6) is 1.25. The zero-order chi connectivity index (χ0) is 20.9. The van der Waals surface area contributed by atoms with Gasteiger partial charge in [0.1, 0.15) is 5.82 Å². The third-order valence-electron chi connectivity index (χ3n) is 5.01. The number of aromatic nitrogens is 2. The van der Waals surface area contributed by atoms with Crippen molar-refractivity contribution in [2.45, 2.75) is 53.0 Å². The molecule has 154 valence electrons. The van der Waals surface area contributed by atoms with E-state index in [9.17, 15) is 4.79 Å². The molecule has 0 atom stereocenters. The predicted molar refractivity (Wildman–Crippen MR) is 123 cm³/mol. The maximum atomic E-state index is 11.9. The molecule has 1 N–H and O–H groups in total. The quantitative estimate of drug-likeness (QED) is 0.441. The van der Waals surface area contributed by atoms with Gasteiger partial charge < -0.3 is 9.88 Å². The normalized spacial score (nSPS) is 11.7. The van der Waals surface area contributed by atoms with Crippen molar-refractivity contribution in [3.05, 3.63) is 64.4 Å². The maximum Gasteiger partial charge on any atom is 0.225 e. The largest absolute Gasteiger partial charge is 0.356 e. The number of unbranched alkanes of at least 4 members (excludes halogenated alkanes) is 2. The molecule has 0 aliphatic carbocycles. The van der Waals surface area contributed by atoms with Crippen LogP contribution < -0.4 is 5.32 Å². The minimum Gasteiger partial charge on any atom is -0.356 e. The Hall–Kier alpha value is -2.14. The van der Waals surface area contributed by atoms with Gasteiger partial charge in [0.2, 0.25) is 5.91 Å². The number of imidazole rings is 1. The number of hydrogen-bond acceptors (Lipinski definition) is 2. The predicted octanol–water partition coefficient (Wildman–Crippen LogP) is 5.72. The second-order valence-corrected chi connectivity index (χ2v) is 9.47. The van der Waals surface area contributed by atoms with Crippen LogP contribution in [0.25, 0.3) is 11.0 Å². The molecule has 4 nitrogen and oxygen atoms in total. The number of para-hydroxylation sites is 2. The lowest BCUT2D eigenvalue weighted by Gasteiger charge is -2.17. The number of carbonyl (C=O) groups is 1. The van der Waals surface area contributed by atoms with Gasteiger partial charge >= 0.3 is 0 Å². The van der Waals surface area contributed by atoms with Gasteiger partial charge in [-0.2, -0.15) is 0 Å². The maximum absolute atomic E-state index is 11.9. The minimum absolute atomic E-state index is 0.119. The van der Waals surface area contributed by atoms with Crippen LogP contribution in [0, 0.1) is 5.41 Å². The van der Waals surface area contributed by atoms with E-state index in [1.54, 1.807) is 0 Å². The highest BCUT2D eigenvalue weighted by atomic mass is 79.9. The van der Waals surface area contributed by atoms with Gasteiger partial charge in [0, 0.05) is 29.4 Å². The van der Waals surface area contributed by atoms with Gasteiger partial charge in [-0.15, -0.1) is 0 Å². The number of carbonyl (C=O) groups excluding carboxylic acids is 1. The van der Waals surface area contributed by atoms with Gasteiger partial charge in [-0.05, 0) is 42.7 Å².